The molecule has 0 fully saturated rings. The largest absolute Gasteiger partial charge is 0.507 e. The Balaban J connectivity index is 2.19. The quantitative estimate of drug-likeness (QED) is 0.689. The SMILES string of the molecule is NCCNc1nc(-c2cc(Cl)ccc2O)nc2ccccc12. The predicted octanol–water partition coefficient (Wildman–Crippen LogP) is 3.03. The minimum Gasteiger partial charge on any atom is -0.507 e. The smallest absolute Gasteiger partial charge is 0.165 e. The number of fused-ring (bicyclic) bond motifs is 1. The Labute approximate surface area is 132 Å². The number of phenols is 1. The minimum atomic E-state index is 0.0875. The van der Waals surface area contributed by atoms with Crippen molar-refractivity contribution in [3.8, 4) is 17.1 Å². The number of hydrogen-bond donors (Lipinski definition) is 3. The second-order valence-electron chi connectivity index (χ2n) is 4.79. The van der Waals surface area contributed by atoms with Crippen molar-refractivity contribution in [2.45, 2.75) is 0 Å². The highest BCUT2D eigenvalue weighted by atomic mass is 35.5. The molecule has 2 aromatic carbocycles. The molecule has 3 aromatic rings. The lowest BCUT2D eigenvalue weighted by Crippen LogP contribution is -2.14. The molecule has 5 nitrogen and oxygen atoms in total. The molecule has 0 aliphatic heterocycles. The molecule has 22 heavy (non-hydrogen) atoms. The molecule has 0 saturated carbocycles. The van der Waals surface area contributed by atoms with E-state index in [1.165, 1.54) is 6.07 Å². The lowest BCUT2D eigenvalue weighted by atomic mass is 10.1. The van der Waals surface area contributed by atoms with Gasteiger partial charge >= 0.3 is 0 Å². The van der Waals surface area contributed by atoms with Crippen molar-refractivity contribution in [1.82, 2.24) is 9.97 Å². The molecule has 0 amide bonds. The highest BCUT2D eigenvalue weighted by Gasteiger charge is 2.12. The number of para-hydroxylation sites is 1. The standard InChI is InChI=1S/C16H15ClN4O/c17-10-5-6-14(22)12(9-10)16-20-13-4-2-1-3-11(13)15(21-16)19-8-7-18/h1-6,9,22H,7-8,18H2,(H,19,20,21). The molecule has 1 aromatic heterocycles. The number of rotatable bonds is 4. The summed E-state index contributed by atoms with van der Waals surface area (Å²) in [4.78, 5) is 9.03. The molecular formula is C16H15ClN4O. The van der Waals surface area contributed by atoms with Crippen LogP contribution in [0.15, 0.2) is 42.5 Å². The van der Waals surface area contributed by atoms with Crippen LogP contribution in [0, 0.1) is 0 Å². The molecule has 0 spiro atoms. The number of nitrogens with zero attached hydrogens (tertiary/aromatic N) is 2. The number of phenolic OH excluding ortho intramolecular Hbond substituents is 1. The van der Waals surface area contributed by atoms with Crippen molar-refractivity contribution >= 4 is 28.3 Å². The van der Waals surface area contributed by atoms with Crippen LogP contribution in [-0.2, 0) is 0 Å². The van der Waals surface area contributed by atoms with Crippen molar-refractivity contribution in [2.75, 3.05) is 18.4 Å². The zero-order valence-electron chi connectivity index (χ0n) is 11.8. The second-order valence-corrected chi connectivity index (χ2v) is 5.23. The van der Waals surface area contributed by atoms with Crippen LogP contribution in [0.25, 0.3) is 22.3 Å². The van der Waals surface area contributed by atoms with E-state index < -0.39 is 0 Å². The van der Waals surface area contributed by atoms with Crippen molar-refractivity contribution in [1.29, 1.82) is 0 Å². The number of nitrogens with one attached hydrogen (secondary N) is 1. The van der Waals surface area contributed by atoms with E-state index in [9.17, 15) is 5.11 Å². The lowest BCUT2D eigenvalue weighted by Gasteiger charge is -2.11. The summed E-state index contributed by atoms with van der Waals surface area (Å²) in [7, 11) is 0. The van der Waals surface area contributed by atoms with Gasteiger partial charge in [-0.3, -0.25) is 0 Å². The molecular weight excluding hydrogens is 300 g/mol. The summed E-state index contributed by atoms with van der Waals surface area (Å²) in [6.07, 6.45) is 0. The fourth-order valence-corrected chi connectivity index (χ4v) is 2.38. The average Bonchev–Trinajstić information content (AvgIpc) is 2.54. The molecule has 0 saturated heterocycles. The monoisotopic (exact) mass is 314 g/mol. The Morgan fingerprint density at radius 3 is 2.77 bits per heavy atom. The first-order valence-corrected chi connectivity index (χ1v) is 7.26. The van der Waals surface area contributed by atoms with Crippen molar-refractivity contribution in [2.24, 2.45) is 5.73 Å². The van der Waals surface area contributed by atoms with Crippen LogP contribution in [0.5, 0.6) is 5.75 Å². The minimum absolute atomic E-state index is 0.0875. The van der Waals surface area contributed by atoms with Crippen LogP contribution in [-0.4, -0.2) is 28.2 Å². The fraction of sp³-hybridized carbons (Fsp3) is 0.125. The van der Waals surface area contributed by atoms with Gasteiger partial charge in [-0.15, -0.1) is 0 Å². The highest BCUT2D eigenvalue weighted by Crippen LogP contribution is 2.32. The number of benzene rings is 2. The van der Waals surface area contributed by atoms with Gasteiger partial charge in [-0.25, -0.2) is 9.97 Å². The second kappa shape index (κ2) is 6.17. The van der Waals surface area contributed by atoms with Crippen LogP contribution in [0.3, 0.4) is 0 Å². The number of hydrogen-bond acceptors (Lipinski definition) is 5. The van der Waals surface area contributed by atoms with Crippen molar-refractivity contribution in [3.05, 3.63) is 47.5 Å². The summed E-state index contributed by atoms with van der Waals surface area (Å²) in [5, 5.41) is 14.7. The van der Waals surface area contributed by atoms with E-state index in [0.717, 1.165) is 10.9 Å². The molecule has 0 aliphatic rings. The van der Waals surface area contributed by atoms with Gasteiger partial charge in [0.15, 0.2) is 5.82 Å². The van der Waals surface area contributed by atoms with Gasteiger partial charge in [0.25, 0.3) is 0 Å². The maximum atomic E-state index is 10.0. The van der Waals surface area contributed by atoms with E-state index in [0.29, 0.717) is 35.3 Å². The van der Waals surface area contributed by atoms with E-state index >= 15 is 0 Å². The summed E-state index contributed by atoms with van der Waals surface area (Å²) < 4.78 is 0. The number of anilines is 1. The zero-order valence-corrected chi connectivity index (χ0v) is 12.5. The Hall–Kier alpha value is -2.37. The van der Waals surface area contributed by atoms with Crippen molar-refractivity contribution < 1.29 is 5.11 Å². The molecule has 4 N–H and O–H groups in total. The molecule has 0 unspecified atom stereocenters. The van der Waals surface area contributed by atoms with Gasteiger partial charge in [-0.05, 0) is 30.3 Å². The Morgan fingerprint density at radius 2 is 1.95 bits per heavy atom. The molecule has 0 aliphatic carbocycles. The fourth-order valence-electron chi connectivity index (χ4n) is 2.21. The molecule has 0 radical (unpaired) electrons. The highest BCUT2D eigenvalue weighted by molar-refractivity contribution is 6.30. The van der Waals surface area contributed by atoms with Gasteiger partial charge in [0, 0.05) is 23.5 Å². The Morgan fingerprint density at radius 1 is 1.14 bits per heavy atom. The van der Waals surface area contributed by atoms with Crippen LogP contribution in [0.4, 0.5) is 5.82 Å². The third kappa shape index (κ3) is 2.81. The summed E-state index contributed by atoms with van der Waals surface area (Å²) in [6.45, 7) is 1.10. The van der Waals surface area contributed by atoms with E-state index in [1.54, 1.807) is 12.1 Å². The summed E-state index contributed by atoms with van der Waals surface area (Å²) in [5.41, 5.74) is 6.83. The number of aromatic hydroxyl groups is 1. The molecule has 6 heteroatoms. The van der Waals surface area contributed by atoms with Gasteiger partial charge in [0.1, 0.15) is 11.6 Å². The van der Waals surface area contributed by atoms with E-state index in [1.807, 2.05) is 24.3 Å². The van der Waals surface area contributed by atoms with E-state index in [4.69, 9.17) is 17.3 Å². The van der Waals surface area contributed by atoms with Gasteiger partial charge in [-0.2, -0.15) is 0 Å². The maximum absolute atomic E-state index is 10.0. The van der Waals surface area contributed by atoms with Gasteiger partial charge in [-0.1, -0.05) is 23.7 Å². The van der Waals surface area contributed by atoms with Crippen LogP contribution in [0.1, 0.15) is 0 Å². The summed E-state index contributed by atoms with van der Waals surface area (Å²) >= 11 is 6.01. The van der Waals surface area contributed by atoms with E-state index in [-0.39, 0.29) is 5.75 Å². The topological polar surface area (TPSA) is 84.1 Å². The van der Waals surface area contributed by atoms with Crippen LogP contribution >= 0.6 is 11.6 Å². The summed E-state index contributed by atoms with van der Waals surface area (Å²) in [6, 6.07) is 12.5. The van der Waals surface area contributed by atoms with Crippen LogP contribution in [0.2, 0.25) is 5.02 Å². The first-order chi connectivity index (χ1) is 10.7. The van der Waals surface area contributed by atoms with Crippen LogP contribution < -0.4 is 11.1 Å². The molecule has 0 atom stereocenters. The van der Waals surface area contributed by atoms with Gasteiger partial charge < -0.3 is 16.2 Å². The molecule has 3 rings (SSSR count). The number of nitrogens with two attached hydrogens (primary N) is 1. The zero-order chi connectivity index (χ0) is 15.5. The lowest BCUT2D eigenvalue weighted by molar-refractivity contribution is 0.477. The average molecular weight is 315 g/mol. The van der Waals surface area contributed by atoms with Gasteiger partial charge in [0.05, 0.1) is 11.1 Å². The predicted molar refractivity (Wildman–Crippen MR) is 89.2 cm³/mol. The molecule has 0 bridgehead atoms. The third-order valence-electron chi connectivity index (χ3n) is 3.24. The van der Waals surface area contributed by atoms with E-state index in [2.05, 4.69) is 15.3 Å². The molecule has 1 heterocycles. The first-order valence-electron chi connectivity index (χ1n) is 6.88. The van der Waals surface area contributed by atoms with Gasteiger partial charge in [0.2, 0.25) is 0 Å². The Bertz CT molecular complexity index is 822. The van der Waals surface area contributed by atoms with Crippen molar-refractivity contribution in [3.63, 3.8) is 0 Å². The molecule has 112 valence electrons. The third-order valence-corrected chi connectivity index (χ3v) is 3.47. The number of aromatic nitrogens is 2. The summed E-state index contributed by atoms with van der Waals surface area (Å²) in [5.74, 6) is 1.19. The number of halogens is 1. The maximum Gasteiger partial charge on any atom is 0.165 e. The first kappa shape index (κ1) is 14.6. The Kier molecular flexibility index (Phi) is 4.09. The normalized spacial score (nSPS) is 10.8.